The van der Waals surface area contributed by atoms with Crippen molar-refractivity contribution in [3.63, 3.8) is 0 Å². The topological polar surface area (TPSA) is 42.2 Å². The van der Waals surface area contributed by atoms with Gasteiger partial charge in [0.1, 0.15) is 18.4 Å². The van der Waals surface area contributed by atoms with Crippen LogP contribution >= 0.6 is 0 Å². The van der Waals surface area contributed by atoms with Crippen LogP contribution in [0.25, 0.3) is 0 Å². The average molecular weight is 275 g/mol. The number of rotatable bonds is 4. The molecule has 0 fully saturated rings. The number of halogens is 2. The van der Waals surface area contributed by atoms with Crippen LogP contribution in [0, 0.1) is 23.0 Å². The molecule has 0 N–H and O–H groups in total. The molecule has 0 atom stereocenters. The van der Waals surface area contributed by atoms with Gasteiger partial charge in [0.2, 0.25) is 0 Å². The van der Waals surface area contributed by atoms with Crippen LogP contribution in [0.2, 0.25) is 0 Å². The Morgan fingerprint density at radius 3 is 2.45 bits per heavy atom. The van der Waals surface area contributed by atoms with Gasteiger partial charge < -0.3 is 9.47 Å². The van der Waals surface area contributed by atoms with Crippen molar-refractivity contribution in [2.45, 2.75) is 6.61 Å². The Morgan fingerprint density at radius 1 is 1.15 bits per heavy atom. The molecule has 0 unspecified atom stereocenters. The molecule has 0 spiro atoms. The van der Waals surface area contributed by atoms with E-state index in [2.05, 4.69) is 0 Å². The van der Waals surface area contributed by atoms with Gasteiger partial charge in [0.05, 0.1) is 12.7 Å². The van der Waals surface area contributed by atoms with Crippen molar-refractivity contribution >= 4 is 0 Å². The molecule has 0 heterocycles. The summed E-state index contributed by atoms with van der Waals surface area (Å²) in [5.74, 6) is -1.55. The van der Waals surface area contributed by atoms with Crippen LogP contribution in [-0.4, -0.2) is 7.11 Å². The van der Waals surface area contributed by atoms with Crippen molar-refractivity contribution < 1.29 is 18.3 Å². The predicted octanol–water partition coefficient (Wildman–Crippen LogP) is 3.42. The molecule has 0 amide bonds. The van der Waals surface area contributed by atoms with Crippen LogP contribution in [-0.2, 0) is 6.61 Å². The van der Waals surface area contributed by atoms with E-state index in [-0.39, 0.29) is 6.61 Å². The summed E-state index contributed by atoms with van der Waals surface area (Å²) in [4.78, 5) is 0. The van der Waals surface area contributed by atoms with E-state index in [1.807, 2.05) is 6.07 Å². The van der Waals surface area contributed by atoms with E-state index in [4.69, 9.17) is 14.7 Å². The van der Waals surface area contributed by atoms with Crippen molar-refractivity contribution in [2.24, 2.45) is 0 Å². The van der Waals surface area contributed by atoms with Gasteiger partial charge in [0, 0.05) is 0 Å². The molecule has 2 aromatic carbocycles. The fourth-order valence-corrected chi connectivity index (χ4v) is 1.69. The van der Waals surface area contributed by atoms with E-state index in [1.54, 1.807) is 18.2 Å². The molecular formula is C15H11F2NO2. The molecule has 20 heavy (non-hydrogen) atoms. The summed E-state index contributed by atoms with van der Waals surface area (Å²) in [7, 11) is 1.44. The Hall–Kier alpha value is -2.61. The van der Waals surface area contributed by atoms with Gasteiger partial charge in [-0.2, -0.15) is 5.26 Å². The quantitative estimate of drug-likeness (QED) is 0.858. The molecule has 0 saturated carbocycles. The maximum absolute atomic E-state index is 13.4. The number of nitriles is 1. The Balaban J connectivity index is 2.18. The molecule has 0 aliphatic rings. The second-order valence-corrected chi connectivity index (χ2v) is 3.99. The van der Waals surface area contributed by atoms with Gasteiger partial charge in [0.25, 0.3) is 0 Å². The van der Waals surface area contributed by atoms with E-state index in [0.717, 1.165) is 12.1 Å². The van der Waals surface area contributed by atoms with Crippen LogP contribution in [0.5, 0.6) is 11.5 Å². The highest BCUT2D eigenvalue weighted by molar-refractivity contribution is 5.45. The molecule has 5 heteroatoms. The molecule has 102 valence electrons. The Morgan fingerprint density at radius 2 is 1.85 bits per heavy atom. The molecule has 2 aromatic rings. The summed E-state index contributed by atoms with van der Waals surface area (Å²) in [5.41, 5.74) is 1.02. The minimum Gasteiger partial charge on any atom is -0.495 e. The van der Waals surface area contributed by atoms with Crippen molar-refractivity contribution in [1.82, 2.24) is 0 Å². The number of benzene rings is 2. The van der Waals surface area contributed by atoms with E-state index < -0.39 is 17.4 Å². The molecule has 0 aliphatic carbocycles. The minimum atomic E-state index is -0.759. The zero-order valence-corrected chi connectivity index (χ0v) is 10.7. The lowest BCUT2D eigenvalue weighted by atomic mass is 10.1. The number of hydrogen-bond donors (Lipinski definition) is 0. The first-order valence-electron chi connectivity index (χ1n) is 5.79. The van der Waals surface area contributed by atoms with Crippen LogP contribution in [0.15, 0.2) is 36.4 Å². The zero-order chi connectivity index (χ0) is 14.5. The van der Waals surface area contributed by atoms with Gasteiger partial charge in [0.15, 0.2) is 17.4 Å². The largest absolute Gasteiger partial charge is 0.495 e. The van der Waals surface area contributed by atoms with Gasteiger partial charge >= 0.3 is 0 Å². The summed E-state index contributed by atoms with van der Waals surface area (Å²) in [6, 6.07) is 10.3. The SMILES string of the molecule is COc1cc(COc2c(F)cccc2F)ccc1C#N. The highest BCUT2D eigenvalue weighted by Crippen LogP contribution is 2.24. The van der Waals surface area contributed by atoms with Crippen LogP contribution in [0.4, 0.5) is 8.78 Å². The predicted molar refractivity (Wildman–Crippen MR) is 68.4 cm³/mol. The summed E-state index contributed by atoms with van der Waals surface area (Å²) < 4.78 is 37.0. The summed E-state index contributed by atoms with van der Waals surface area (Å²) in [5, 5.41) is 8.86. The fourth-order valence-electron chi connectivity index (χ4n) is 1.69. The number of hydrogen-bond acceptors (Lipinski definition) is 3. The van der Waals surface area contributed by atoms with E-state index in [0.29, 0.717) is 16.9 Å². The molecule has 3 nitrogen and oxygen atoms in total. The van der Waals surface area contributed by atoms with Crippen molar-refractivity contribution in [1.29, 1.82) is 5.26 Å². The Kier molecular flexibility index (Phi) is 4.16. The van der Waals surface area contributed by atoms with Crippen molar-refractivity contribution in [3.05, 3.63) is 59.2 Å². The molecule has 0 saturated heterocycles. The highest BCUT2D eigenvalue weighted by atomic mass is 19.1. The normalized spacial score (nSPS) is 9.90. The third kappa shape index (κ3) is 2.86. The van der Waals surface area contributed by atoms with E-state index in [9.17, 15) is 8.78 Å². The van der Waals surface area contributed by atoms with Gasteiger partial charge in [-0.1, -0.05) is 12.1 Å². The maximum atomic E-state index is 13.4. The lowest BCUT2D eigenvalue weighted by molar-refractivity contribution is 0.273. The van der Waals surface area contributed by atoms with Gasteiger partial charge in [-0.15, -0.1) is 0 Å². The molecule has 2 rings (SSSR count). The fraction of sp³-hybridized carbons (Fsp3) is 0.133. The summed E-state index contributed by atoms with van der Waals surface area (Å²) in [6.07, 6.45) is 0. The van der Waals surface area contributed by atoms with Gasteiger partial charge in [-0.25, -0.2) is 8.78 Å². The Labute approximate surface area is 115 Å². The first kappa shape index (κ1) is 13.8. The molecule has 0 bridgehead atoms. The monoisotopic (exact) mass is 275 g/mol. The zero-order valence-electron chi connectivity index (χ0n) is 10.7. The number of nitrogens with zero attached hydrogens (tertiary/aromatic N) is 1. The molecule has 0 aliphatic heterocycles. The van der Waals surface area contributed by atoms with Gasteiger partial charge in [-0.3, -0.25) is 0 Å². The van der Waals surface area contributed by atoms with E-state index >= 15 is 0 Å². The first-order valence-corrected chi connectivity index (χ1v) is 5.79. The minimum absolute atomic E-state index is 0.0279. The molecular weight excluding hydrogens is 264 g/mol. The maximum Gasteiger partial charge on any atom is 0.191 e. The molecule has 0 aromatic heterocycles. The standard InChI is InChI=1S/C15H11F2NO2/c1-19-14-7-10(5-6-11(14)8-18)9-20-15-12(16)3-2-4-13(15)17/h2-7H,9H2,1H3. The second-order valence-electron chi connectivity index (χ2n) is 3.99. The number of ether oxygens (including phenoxy) is 2. The third-order valence-corrected chi connectivity index (χ3v) is 2.69. The average Bonchev–Trinajstić information content (AvgIpc) is 2.46. The Bertz CT molecular complexity index is 645. The lowest BCUT2D eigenvalue weighted by Gasteiger charge is -2.10. The highest BCUT2D eigenvalue weighted by Gasteiger charge is 2.10. The van der Waals surface area contributed by atoms with Crippen LogP contribution in [0.1, 0.15) is 11.1 Å². The number of methoxy groups -OCH3 is 1. The second kappa shape index (κ2) is 6.02. The van der Waals surface area contributed by atoms with Crippen molar-refractivity contribution in [3.8, 4) is 17.6 Å². The van der Waals surface area contributed by atoms with Crippen LogP contribution < -0.4 is 9.47 Å². The summed E-state index contributed by atoms with van der Waals surface area (Å²) in [6.45, 7) is -0.0279. The van der Waals surface area contributed by atoms with Crippen LogP contribution in [0.3, 0.4) is 0 Å². The molecule has 0 radical (unpaired) electrons. The summed E-state index contributed by atoms with van der Waals surface area (Å²) >= 11 is 0. The van der Waals surface area contributed by atoms with Gasteiger partial charge in [-0.05, 0) is 29.8 Å². The third-order valence-electron chi connectivity index (χ3n) is 2.69. The lowest BCUT2D eigenvalue weighted by Crippen LogP contribution is -2.00. The van der Waals surface area contributed by atoms with Crippen molar-refractivity contribution in [2.75, 3.05) is 7.11 Å². The van der Waals surface area contributed by atoms with E-state index in [1.165, 1.54) is 13.2 Å². The first-order chi connectivity index (χ1) is 9.65. The number of para-hydroxylation sites is 1. The smallest absolute Gasteiger partial charge is 0.191 e.